The molecule has 0 aliphatic rings. The number of hydrogen-bond donors (Lipinski definition) is 1. The summed E-state index contributed by atoms with van der Waals surface area (Å²) in [5, 5.41) is 10.8. The molecule has 2 heterocycles. The molecule has 10 heteroatoms. The summed E-state index contributed by atoms with van der Waals surface area (Å²) < 4.78 is 11.9. The Bertz CT molecular complexity index is 1130. The Morgan fingerprint density at radius 2 is 1.94 bits per heavy atom. The predicted molar refractivity (Wildman–Crippen MR) is 117 cm³/mol. The van der Waals surface area contributed by atoms with Crippen LogP contribution in [0.1, 0.15) is 37.9 Å². The van der Waals surface area contributed by atoms with E-state index in [9.17, 15) is 4.79 Å². The number of rotatable bonds is 6. The first kappa shape index (κ1) is 22.2. The van der Waals surface area contributed by atoms with Crippen LogP contribution in [0, 0.1) is 4.84 Å². The van der Waals surface area contributed by atoms with Crippen LogP contribution in [0.5, 0.6) is 0 Å². The molecule has 0 aliphatic heterocycles. The van der Waals surface area contributed by atoms with Crippen LogP contribution < -0.4 is 5.32 Å². The Balaban J connectivity index is 1.75. The molecule has 0 spiro atoms. The molecule has 162 valence electrons. The normalized spacial score (nSPS) is 11.8. The fraction of sp³-hybridized carbons (Fsp3) is 0.286. The highest BCUT2D eigenvalue weighted by Crippen LogP contribution is 2.13. The maximum atomic E-state index is 11.9. The van der Waals surface area contributed by atoms with Gasteiger partial charge in [0.1, 0.15) is 11.4 Å². The summed E-state index contributed by atoms with van der Waals surface area (Å²) in [6.45, 7) is 5.44. The molecular weight excluding hydrogens is 418 g/mol. The third-order valence-electron chi connectivity index (χ3n) is 3.86. The zero-order chi connectivity index (χ0) is 22.4. The van der Waals surface area contributed by atoms with E-state index in [0.717, 1.165) is 5.56 Å². The summed E-state index contributed by atoms with van der Waals surface area (Å²) in [6.07, 6.45) is -0.583. The predicted octanol–water partition coefficient (Wildman–Crippen LogP) is 4.45. The zero-order valence-corrected chi connectivity index (χ0v) is 18.5. The third kappa shape index (κ3) is 6.22. The van der Waals surface area contributed by atoms with Crippen molar-refractivity contribution < 1.29 is 18.9 Å². The number of nitrogens with one attached hydrogen (secondary N) is 1. The van der Waals surface area contributed by atoms with Crippen molar-refractivity contribution in [3.63, 3.8) is 0 Å². The van der Waals surface area contributed by atoms with E-state index in [4.69, 9.17) is 26.3 Å². The molecular formula is C21H23N5O4S. The van der Waals surface area contributed by atoms with Gasteiger partial charge in [-0.2, -0.15) is 0 Å². The number of benzene rings is 1. The van der Waals surface area contributed by atoms with Crippen LogP contribution in [0.2, 0.25) is 0 Å². The van der Waals surface area contributed by atoms with E-state index in [0.29, 0.717) is 23.0 Å². The van der Waals surface area contributed by atoms with Crippen LogP contribution in [-0.2, 0) is 23.2 Å². The summed E-state index contributed by atoms with van der Waals surface area (Å²) in [5.74, 6) is 0.783. The lowest BCUT2D eigenvalue weighted by molar-refractivity contribution is 0.0635. The largest absolute Gasteiger partial charge is 0.444 e. The van der Waals surface area contributed by atoms with Gasteiger partial charge in [0.2, 0.25) is 5.82 Å². The van der Waals surface area contributed by atoms with Crippen molar-refractivity contribution in [3.8, 4) is 0 Å². The number of carbonyl (C=O) groups excluding carboxylic acids is 1. The van der Waals surface area contributed by atoms with Crippen molar-refractivity contribution in [1.29, 1.82) is 0 Å². The standard InChI is InChI=1S/C21H23N5O4S/c1-21(2,3)29-19(27)23-16-12-8-11-15(22-16)13-28-24-17(14-9-6-5-7-10-14)18-25-30-20(31)26(18)4/h5-12H,13H2,1-4H3,(H,22,23,27)/b24-17-. The lowest BCUT2D eigenvalue weighted by Crippen LogP contribution is -2.27. The van der Waals surface area contributed by atoms with Crippen molar-refractivity contribution in [2.45, 2.75) is 33.0 Å². The van der Waals surface area contributed by atoms with E-state index < -0.39 is 11.7 Å². The summed E-state index contributed by atoms with van der Waals surface area (Å²) in [4.78, 5) is 22.1. The summed E-state index contributed by atoms with van der Waals surface area (Å²) in [5.41, 5.74) is 1.22. The monoisotopic (exact) mass is 441 g/mol. The van der Waals surface area contributed by atoms with E-state index in [1.807, 2.05) is 30.3 Å². The van der Waals surface area contributed by atoms with Crippen molar-refractivity contribution in [2.75, 3.05) is 5.32 Å². The lowest BCUT2D eigenvalue weighted by atomic mass is 10.1. The van der Waals surface area contributed by atoms with E-state index in [2.05, 4.69) is 20.6 Å². The molecule has 1 aromatic carbocycles. The second-order valence-corrected chi connectivity index (χ2v) is 7.90. The number of aromatic nitrogens is 3. The van der Waals surface area contributed by atoms with E-state index in [-0.39, 0.29) is 11.4 Å². The number of nitrogens with zero attached hydrogens (tertiary/aromatic N) is 4. The first-order valence-corrected chi connectivity index (χ1v) is 9.88. The van der Waals surface area contributed by atoms with Gasteiger partial charge in [-0.15, -0.1) is 0 Å². The molecule has 1 N–H and O–H groups in total. The molecule has 0 aliphatic carbocycles. The molecule has 0 saturated carbocycles. The molecule has 0 fully saturated rings. The van der Waals surface area contributed by atoms with Gasteiger partial charge in [-0.1, -0.05) is 46.7 Å². The highest BCUT2D eigenvalue weighted by atomic mass is 32.1. The van der Waals surface area contributed by atoms with Crippen LogP contribution in [0.3, 0.4) is 0 Å². The number of ether oxygens (including phenoxy) is 1. The minimum Gasteiger partial charge on any atom is -0.444 e. The van der Waals surface area contributed by atoms with Crippen LogP contribution >= 0.6 is 12.2 Å². The van der Waals surface area contributed by atoms with E-state index in [1.165, 1.54) is 0 Å². The Hall–Kier alpha value is -3.53. The van der Waals surface area contributed by atoms with E-state index in [1.54, 1.807) is 50.6 Å². The lowest BCUT2D eigenvalue weighted by Gasteiger charge is -2.19. The van der Waals surface area contributed by atoms with Gasteiger partial charge in [0, 0.05) is 12.6 Å². The number of oxime groups is 1. The smallest absolute Gasteiger partial charge is 0.413 e. The summed E-state index contributed by atoms with van der Waals surface area (Å²) in [7, 11) is 1.74. The van der Waals surface area contributed by atoms with Gasteiger partial charge in [-0.25, -0.2) is 9.78 Å². The van der Waals surface area contributed by atoms with Crippen LogP contribution in [0.4, 0.5) is 10.6 Å². The number of hydrogen-bond acceptors (Lipinski definition) is 8. The van der Waals surface area contributed by atoms with Gasteiger partial charge < -0.3 is 14.1 Å². The summed E-state index contributed by atoms with van der Waals surface area (Å²) >= 11 is 5.10. The molecule has 0 radical (unpaired) electrons. The molecule has 31 heavy (non-hydrogen) atoms. The van der Waals surface area contributed by atoms with E-state index >= 15 is 0 Å². The maximum absolute atomic E-state index is 11.9. The molecule has 0 bridgehead atoms. The molecule has 0 atom stereocenters. The topological polar surface area (TPSA) is 104 Å². The quantitative estimate of drug-likeness (QED) is 0.342. The molecule has 0 unspecified atom stereocenters. The van der Waals surface area contributed by atoms with Gasteiger partial charge >= 0.3 is 6.09 Å². The molecule has 3 rings (SSSR count). The number of anilines is 1. The van der Waals surface area contributed by atoms with Gasteiger partial charge in [0.15, 0.2) is 12.3 Å². The molecule has 2 aromatic heterocycles. The molecule has 3 aromatic rings. The van der Waals surface area contributed by atoms with Gasteiger partial charge in [-0.3, -0.25) is 9.88 Å². The zero-order valence-electron chi connectivity index (χ0n) is 17.7. The Labute approximate surface area is 184 Å². The van der Waals surface area contributed by atoms with Crippen LogP contribution in [0.25, 0.3) is 0 Å². The first-order chi connectivity index (χ1) is 14.7. The second-order valence-electron chi connectivity index (χ2n) is 7.55. The molecule has 0 saturated heterocycles. The first-order valence-electron chi connectivity index (χ1n) is 9.47. The Kier molecular flexibility index (Phi) is 6.81. The average Bonchev–Trinajstić information content (AvgIpc) is 3.03. The van der Waals surface area contributed by atoms with Gasteiger partial charge in [0.05, 0.1) is 5.69 Å². The Morgan fingerprint density at radius 3 is 2.58 bits per heavy atom. The van der Waals surface area contributed by atoms with Crippen LogP contribution in [-0.4, -0.2) is 32.1 Å². The minimum absolute atomic E-state index is 0.0719. The molecule has 9 nitrogen and oxygen atoms in total. The average molecular weight is 442 g/mol. The highest BCUT2D eigenvalue weighted by molar-refractivity contribution is 7.71. The number of pyridine rings is 1. The number of carbonyl (C=O) groups is 1. The van der Waals surface area contributed by atoms with Crippen LogP contribution in [0.15, 0.2) is 58.2 Å². The maximum Gasteiger partial charge on any atom is 0.413 e. The highest BCUT2D eigenvalue weighted by Gasteiger charge is 2.17. The third-order valence-corrected chi connectivity index (χ3v) is 4.21. The SMILES string of the molecule is Cn1c(/C(=N\OCc2cccc(NC(=O)OC(C)(C)C)n2)c2ccccc2)noc1=S. The van der Waals surface area contributed by atoms with Crippen molar-refractivity contribution in [3.05, 3.63) is 70.5 Å². The minimum atomic E-state index is -0.602. The van der Waals surface area contributed by atoms with Gasteiger partial charge in [-0.05, 0) is 45.1 Å². The fourth-order valence-electron chi connectivity index (χ4n) is 2.51. The number of amides is 1. The van der Waals surface area contributed by atoms with Gasteiger partial charge in [0.25, 0.3) is 4.84 Å². The van der Waals surface area contributed by atoms with Crippen molar-refractivity contribution in [2.24, 2.45) is 12.2 Å². The van der Waals surface area contributed by atoms with Crippen molar-refractivity contribution >= 4 is 29.8 Å². The second kappa shape index (κ2) is 9.52. The van der Waals surface area contributed by atoms with Crippen molar-refractivity contribution in [1.82, 2.24) is 14.7 Å². The Morgan fingerprint density at radius 1 is 1.19 bits per heavy atom. The fourth-order valence-corrected chi connectivity index (χ4v) is 2.64. The molecule has 1 amide bonds. The summed E-state index contributed by atoms with van der Waals surface area (Å²) in [6, 6.07) is 14.6.